The van der Waals surface area contributed by atoms with E-state index >= 15 is 0 Å². The fourth-order valence-corrected chi connectivity index (χ4v) is 4.96. The summed E-state index contributed by atoms with van der Waals surface area (Å²) in [5, 5.41) is 5.61. The van der Waals surface area contributed by atoms with E-state index in [-0.39, 0.29) is 29.9 Å². The Hall–Kier alpha value is -2.98. The van der Waals surface area contributed by atoms with Gasteiger partial charge in [-0.1, -0.05) is 44.2 Å². The SMILES string of the molecule is CCN(CC)S(=O)(=O)c1ccc(=O)n(CC(=O)NC(Cc2ccccc2)C(=O)NC2CC2)c1. The Balaban J connectivity index is 1.76. The van der Waals surface area contributed by atoms with Crippen molar-refractivity contribution < 1.29 is 18.0 Å². The van der Waals surface area contributed by atoms with Crippen LogP contribution in [0.1, 0.15) is 32.3 Å². The highest BCUT2D eigenvalue weighted by Crippen LogP contribution is 2.19. The Bertz CT molecular complexity index is 1140. The van der Waals surface area contributed by atoms with Gasteiger partial charge in [0.25, 0.3) is 5.56 Å². The molecule has 178 valence electrons. The van der Waals surface area contributed by atoms with Crippen molar-refractivity contribution >= 4 is 21.8 Å². The Kier molecular flexibility index (Phi) is 8.04. The molecule has 1 fully saturated rings. The van der Waals surface area contributed by atoms with Crippen molar-refractivity contribution in [3.8, 4) is 0 Å². The zero-order valence-electron chi connectivity index (χ0n) is 18.9. The molecule has 0 aliphatic heterocycles. The molecule has 1 aromatic carbocycles. The average Bonchev–Trinajstić information content (AvgIpc) is 3.60. The van der Waals surface area contributed by atoms with E-state index < -0.39 is 34.1 Å². The number of hydrogen-bond acceptors (Lipinski definition) is 5. The van der Waals surface area contributed by atoms with Crippen molar-refractivity contribution in [2.24, 2.45) is 0 Å². The first kappa shape index (κ1) is 24.7. The zero-order valence-corrected chi connectivity index (χ0v) is 19.7. The van der Waals surface area contributed by atoms with Crippen molar-refractivity contribution in [2.75, 3.05) is 13.1 Å². The number of sulfonamides is 1. The van der Waals surface area contributed by atoms with E-state index in [2.05, 4.69) is 10.6 Å². The number of rotatable bonds is 11. The smallest absolute Gasteiger partial charge is 0.251 e. The molecule has 0 radical (unpaired) electrons. The van der Waals surface area contributed by atoms with Crippen LogP contribution in [0.5, 0.6) is 0 Å². The van der Waals surface area contributed by atoms with Crippen molar-refractivity contribution in [3.05, 3.63) is 64.6 Å². The second-order valence-corrected chi connectivity index (χ2v) is 9.95. The number of benzene rings is 1. The molecule has 1 atom stereocenters. The number of nitrogens with one attached hydrogen (secondary N) is 2. The molecule has 1 unspecified atom stereocenters. The number of carbonyl (C=O) groups is 2. The molecule has 2 N–H and O–H groups in total. The lowest BCUT2D eigenvalue weighted by atomic mass is 10.1. The van der Waals surface area contributed by atoms with E-state index in [1.165, 1.54) is 16.6 Å². The van der Waals surface area contributed by atoms with E-state index in [9.17, 15) is 22.8 Å². The van der Waals surface area contributed by atoms with Crippen LogP contribution in [-0.4, -0.2) is 54.3 Å². The number of nitrogens with zero attached hydrogens (tertiary/aromatic N) is 2. The summed E-state index contributed by atoms with van der Waals surface area (Å²) in [7, 11) is -3.78. The number of pyridine rings is 1. The molecule has 33 heavy (non-hydrogen) atoms. The lowest BCUT2D eigenvalue weighted by Crippen LogP contribution is -2.49. The first-order valence-corrected chi connectivity index (χ1v) is 12.5. The molecule has 2 amide bonds. The predicted octanol–water partition coefficient (Wildman–Crippen LogP) is 0.885. The minimum absolute atomic E-state index is 0.0640. The largest absolute Gasteiger partial charge is 0.352 e. The maximum atomic E-state index is 12.8. The summed E-state index contributed by atoms with van der Waals surface area (Å²) in [5.41, 5.74) is 0.379. The first-order chi connectivity index (χ1) is 15.7. The van der Waals surface area contributed by atoms with Crippen LogP contribution in [0.4, 0.5) is 0 Å². The summed E-state index contributed by atoms with van der Waals surface area (Å²) in [6, 6.07) is 11.0. The van der Waals surface area contributed by atoms with Crippen molar-refractivity contribution in [1.29, 1.82) is 0 Å². The number of carbonyl (C=O) groups excluding carboxylic acids is 2. The third-order valence-electron chi connectivity index (χ3n) is 5.47. The van der Waals surface area contributed by atoms with E-state index in [4.69, 9.17) is 0 Å². The van der Waals surface area contributed by atoms with Crippen molar-refractivity contribution in [1.82, 2.24) is 19.5 Å². The topological polar surface area (TPSA) is 118 Å². The molecular formula is C23H30N4O5S. The van der Waals surface area contributed by atoms with Gasteiger partial charge in [0.15, 0.2) is 0 Å². The van der Waals surface area contributed by atoms with E-state index in [1.807, 2.05) is 30.3 Å². The molecule has 1 saturated carbocycles. The molecule has 1 aromatic heterocycles. The highest BCUT2D eigenvalue weighted by Gasteiger charge is 2.29. The number of amides is 2. The van der Waals surface area contributed by atoms with Gasteiger partial charge in [-0.05, 0) is 24.5 Å². The summed E-state index contributed by atoms with van der Waals surface area (Å²) in [6.07, 6.45) is 3.31. The summed E-state index contributed by atoms with van der Waals surface area (Å²) in [5.74, 6) is -0.832. The van der Waals surface area contributed by atoms with Crippen LogP contribution in [0.25, 0.3) is 0 Å². The minimum Gasteiger partial charge on any atom is -0.352 e. The highest BCUT2D eigenvalue weighted by atomic mass is 32.2. The predicted molar refractivity (Wildman–Crippen MR) is 124 cm³/mol. The second kappa shape index (κ2) is 10.8. The molecule has 1 heterocycles. The lowest BCUT2D eigenvalue weighted by molar-refractivity contribution is -0.129. The zero-order chi connectivity index (χ0) is 24.0. The normalized spacial score (nSPS) is 14.6. The molecule has 0 bridgehead atoms. The molecule has 0 spiro atoms. The second-order valence-electron chi connectivity index (χ2n) is 8.01. The molecule has 1 aliphatic rings. The summed E-state index contributed by atoms with van der Waals surface area (Å²) in [6.45, 7) is 3.63. The molecule has 1 aliphatic carbocycles. The Morgan fingerprint density at radius 1 is 1.09 bits per heavy atom. The van der Waals surface area contributed by atoms with Crippen LogP contribution in [0.3, 0.4) is 0 Å². The van der Waals surface area contributed by atoms with Crippen LogP contribution in [0, 0.1) is 0 Å². The summed E-state index contributed by atoms with van der Waals surface area (Å²) >= 11 is 0. The maximum absolute atomic E-state index is 12.8. The van der Waals surface area contributed by atoms with Gasteiger partial charge in [0, 0.05) is 37.8 Å². The monoisotopic (exact) mass is 474 g/mol. The number of aromatic nitrogens is 1. The van der Waals surface area contributed by atoms with Crippen LogP contribution >= 0.6 is 0 Å². The fourth-order valence-electron chi connectivity index (χ4n) is 3.48. The summed E-state index contributed by atoms with van der Waals surface area (Å²) in [4.78, 5) is 37.7. The molecular weight excluding hydrogens is 444 g/mol. The van der Waals surface area contributed by atoms with E-state index in [0.717, 1.165) is 29.0 Å². The van der Waals surface area contributed by atoms with Crippen molar-refractivity contribution in [3.63, 3.8) is 0 Å². The van der Waals surface area contributed by atoms with Gasteiger partial charge < -0.3 is 15.2 Å². The lowest BCUT2D eigenvalue weighted by Gasteiger charge is -2.20. The van der Waals surface area contributed by atoms with E-state index in [0.29, 0.717) is 6.42 Å². The third kappa shape index (κ3) is 6.52. The van der Waals surface area contributed by atoms with Gasteiger partial charge in [0.2, 0.25) is 21.8 Å². The molecule has 3 rings (SSSR count). The third-order valence-corrected chi connectivity index (χ3v) is 7.51. The van der Waals surface area contributed by atoms with Gasteiger partial charge in [-0.3, -0.25) is 14.4 Å². The average molecular weight is 475 g/mol. The molecule has 0 saturated heterocycles. The highest BCUT2D eigenvalue weighted by molar-refractivity contribution is 7.89. The Morgan fingerprint density at radius 2 is 1.76 bits per heavy atom. The summed E-state index contributed by atoms with van der Waals surface area (Å²) < 4.78 is 27.9. The van der Waals surface area contributed by atoms with Gasteiger partial charge in [0.05, 0.1) is 4.90 Å². The van der Waals surface area contributed by atoms with Gasteiger partial charge >= 0.3 is 0 Å². The van der Waals surface area contributed by atoms with Crippen molar-refractivity contribution in [2.45, 2.75) is 56.6 Å². The van der Waals surface area contributed by atoms with Gasteiger partial charge in [-0.2, -0.15) is 4.31 Å². The van der Waals surface area contributed by atoms with Crippen LogP contribution in [-0.2, 0) is 32.6 Å². The molecule has 10 heteroatoms. The Morgan fingerprint density at radius 3 is 2.36 bits per heavy atom. The molecule has 2 aromatic rings. The first-order valence-electron chi connectivity index (χ1n) is 11.1. The van der Waals surface area contributed by atoms with Gasteiger partial charge in [-0.25, -0.2) is 8.42 Å². The quantitative estimate of drug-likeness (QED) is 0.502. The molecule has 9 nitrogen and oxygen atoms in total. The minimum atomic E-state index is -3.78. The Labute approximate surface area is 193 Å². The van der Waals surface area contributed by atoms with Crippen LogP contribution in [0.2, 0.25) is 0 Å². The standard InChI is InChI=1S/C23H30N4O5S/c1-3-27(4-2)33(31,32)19-12-13-22(29)26(15-19)16-21(28)25-20(23(30)24-18-10-11-18)14-17-8-6-5-7-9-17/h5-9,12-13,15,18,20H,3-4,10-11,14,16H2,1-2H3,(H,24,30)(H,25,28). The van der Waals surface area contributed by atoms with Crippen LogP contribution in [0.15, 0.2) is 58.4 Å². The van der Waals surface area contributed by atoms with Gasteiger partial charge in [0.1, 0.15) is 12.6 Å². The number of hydrogen-bond donors (Lipinski definition) is 2. The maximum Gasteiger partial charge on any atom is 0.251 e. The van der Waals surface area contributed by atoms with E-state index in [1.54, 1.807) is 13.8 Å². The van der Waals surface area contributed by atoms with Crippen LogP contribution < -0.4 is 16.2 Å². The van der Waals surface area contributed by atoms with Gasteiger partial charge in [-0.15, -0.1) is 0 Å². The fraction of sp³-hybridized carbons (Fsp3) is 0.435.